The molecular formula is C23H30ClN3O4S. The summed E-state index contributed by atoms with van der Waals surface area (Å²) in [6.07, 6.45) is 0. The van der Waals surface area contributed by atoms with Crippen LogP contribution in [0.1, 0.15) is 43.6 Å². The summed E-state index contributed by atoms with van der Waals surface area (Å²) in [6, 6.07) is 12.2. The Morgan fingerprint density at radius 1 is 1.03 bits per heavy atom. The lowest BCUT2D eigenvalue weighted by molar-refractivity contribution is -0.124. The van der Waals surface area contributed by atoms with E-state index < -0.39 is 22.0 Å². The Morgan fingerprint density at radius 3 is 2.28 bits per heavy atom. The van der Waals surface area contributed by atoms with Gasteiger partial charge in [-0.05, 0) is 35.7 Å². The molecule has 174 valence electrons. The van der Waals surface area contributed by atoms with Crippen LogP contribution in [-0.4, -0.2) is 43.7 Å². The molecule has 0 unspecified atom stereocenters. The maximum atomic E-state index is 12.9. The molecule has 2 rings (SSSR count). The second-order valence-electron chi connectivity index (χ2n) is 7.62. The fourth-order valence-corrected chi connectivity index (χ4v) is 4.91. The zero-order valence-electron chi connectivity index (χ0n) is 18.8. The number of carbonyl (C=O) groups is 2. The Kier molecular flexibility index (Phi) is 9.24. The molecule has 0 aromatic heterocycles. The highest BCUT2D eigenvalue weighted by atomic mass is 35.5. The van der Waals surface area contributed by atoms with Crippen molar-refractivity contribution in [1.29, 1.82) is 0 Å². The van der Waals surface area contributed by atoms with E-state index in [2.05, 4.69) is 10.6 Å². The zero-order chi connectivity index (χ0) is 23.9. The monoisotopic (exact) mass is 479 g/mol. The lowest BCUT2D eigenvalue weighted by atomic mass is 10.0. The van der Waals surface area contributed by atoms with E-state index in [0.29, 0.717) is 18.1 Å². The molecule has 0 bridgehead atoms. The van der Waals surface area contributed by atoms with Gasteiger partial charge in [0.2, 0.25) is 15.9 Å². The number of sulfonamides is 1. The summed E-state index contributed by atoms with van der Waals surface area (Å²) in [5.74, 6) is -1.05. The Morgan fingerprint density at radius 2 is 1.69 bits per heavy atom. The molecule has 9 heteroatoms. The molecule has 0 saturated carbocycles. The van der Waals surface area contributed by atoms with Crippen molar-refractivity contribution in [3.8, 4) is 0 Å². The largest absolute Gasteiger partial charge is 0.350 e. The van der Waals surface area contributed by atoms with Gasteiger partial charge in [-0.3, -0.25) is 9.59 Å². The van der Waals surface area contributed by atoms with Gasteiger partial charge in [0.1, 0.15) is 6.04 Å². The minimum absolute atomic E-state index is 0.0399. The Bertz CT molecular complexity index is 1050. The molecule has 2 N–H and O–H groups in total. The van der Waals surface area contributed by atoms with Gasteiger partial charge >= 0.3 is 0 Å². The fourth-order valence-electron chi connectivity index (χ4n) is 3.20. The van der Waals surface area contributed by atoms with Gasteiger partial charge in [-0.25, -0.2) is 8.42 Å². The van der Waals surface area contributed by atoms with E-state index in [4.69, 9.17) is 11.6 Å². The second kappa shape index (κ2) is 11.4. The molecule has 2 aromatic rings. The van der Waals surface area contributed by atoms with Gasteiger partial charge in [0.25, 0.3) is 5.91 Å². The maximum absolute atomic E-state index is 12.9. The lowest BCUT2D eigenvalue weighted by Crippen LogP contribution is -2.49. The number of nitrogens with one attached hydrogen (secondary N) is 2. The van der Waals surface area contributed by atoms with E-state index in [-0.39, 0.29) is 28.8 Å². The van der Waals surface area contributed by atoms with Gasteiger partial charge in [0, 0.05) is 30.2 Å². The smallest absolute Gasteiger partial charge is 0.251 e. The minimum atomic E-state index is -3.70. The molecular weight excluding hydrogens is 450 g/mol. The number of halogens is 1. The van der Waals surface area contributed by atoms with Crippen LogP contribution in [0.15, 0.2) is 53.4 Å². The number of amides is 2. The summed E-state index contributed by atoms with van der Waals surface area (Å²) >= 11 is 6.14. The van der Waals surface area contributed by atoms with Crippen LogP contribution < -0.4 is 10.6 Å². The first-order valence-electron chi connectivity index (χ1n) is 10.5. The summed E-state index contributed by atoms with van der Waals surface area (Å²) in [4.78, 5) is 25.7. The summed E-state index contributed by atoms with van der Waals surface area (Å²) in [5, 5.41) is 6.08. The molecule has 0 saturated heterocycles. The van der Waals surface area contributed by atoms with Crippen LogP contribution in [0, 0.1) is 5.92 Å². The third kappa shape index (κ3) is 6.31. The molecule has 2 aromatic carbocycles. The van der Waals surface area contributed by atoms with E-state index in [1.165, 1.54) is 28.6 Å². The summed E-state index contributed by atoms with van der Waals surface area (Å²) in [5.41, 5.74) is 0.938. The number of carbonyl (C=O) groups excluding carboxylic acids is 2. The molecule has 0 radical (unpaired) electrons. The zero-order valence-corrected chi connectivity index (χ0v) is 20.3. The molecule has 32 heavy (non-hydrogen) atoms. The van der Waals surface area contributed by atoms with Crippen molar-refractivity contribution in [2.45, 2.75) is 45.2 Å². The van der Waals surface area contributed by atoms with E-state index in [9.17, 15) is 18.0 Å². The van der Waals surface area contributed by atoms with Gasteiger partial charge in [0.15, 0.2) is 0 Å². The first-order valence-corrected chi connectivity index (χ1v) is 12.4. The standard InChI is InChI=1S/C23H30ClN3O4S/c1-5-27(6-2)32(30,31)19-12-9-11-17(14-19)22(28)26-21(16(3)4)23(29)25-15-18-10-7-8-13-20(18)24/h7-14,16,21H,5-6,15H2,1-4H3,(H,25,29)(H,26,28)/t21-/m0/s1. The Labute approximate surface area is 195 Å². The average Bonchev–Trinajstić information content (AvgIpc) is 2.77. The average molecular weight is 480 g/mol. The molecule has 0 aliphatic carbocycles. The van der Waals surface area contributed by atoms with Crippen molar-refractivity contribution in [2.24, 2.45) is 5.92 Å². The summed E-state index contributed by atoms with van der Waals surface area (Å²) in [7, 11) is -3.70. The molecule has 0 aliphatic rings. The fraction of sp³-hybridized carbons (Fsp3) is 0.391. The molecule has 0 heterocycles. The maximum Gasteiger partial charge on any atom is 0.251 e. The van der Waals surface area contributed by atoms with Crippen LogP contribution in [0.2, 0.25) is 5.02 Å². The second-order valence-corrected chi connectivity index (χ2v) is 9.97. The highest BCUT2D eigenvalue weighted by Gasteiger charge is 2.26. The predicted octanol–water partition coefficient (Wildman–Crippen LogP) is 3.44. The quantitative estimate of drug-likeness (QED) is 0.545. The van der Waals surface area contributed by atoms with Crippen molar-refractivity contribution in [1.82, 2.24) is 14.9 Å². The lowest BCUT2D eigenvalue weighted by Gasteiger charge is -2.22. The van der Waals surface area contributed by atoms with Crippen LogP contribution >= 0.6 is 11.6 Å². The van der Waals surface area contributed by atoms with Gasteiger partial charge in [-0.15, -0.1) is 0 Å². The minimum Gasteiger partial charge on any atom is -0.350 e. The van der Waals surface area contributed by atoms with Crippen molar-refractivity contribution < 1.29 is 18.0 Å². The topological polar surface area (TPSA) is 95.6 Å². The first-order chi connectivity index (χ1) is 15.1. The number of benzene rings is 2. The SMILES string of the molecule is CCN(CC)S(=O)(=O)c1cccc(C(=O)N[C@H](C(=O)NCc2ccccc2Cl)C(C)C)c1. The third-order valence-corrected chi connectivity index (χ3v) is 7.50. The Hall–Kier alpha value is -2.42. The molecule has 2 amide bonds. The predicted molar refractivity (Wildman–Crippen MR) is 126 cm³/mol. The van der Waals surface area contributed by atoms with Crippen LogP contribution in [0.3, 0.4) is 0 Å². The van der Waals surface area contributed by atoms with Gasteiger partial charge in [0.05, 0.1) is 4.90 Å². The van der Waals surface area contributed by atoms with Crippen LogP contribution in [-0.2, 0) is 21.4 Å². The van der Waals surface area contributed by atoms with Crippen LogP contribution in [0.25, 0.3) is 0 Å². The first kappa shape index (κ1) is 25.8. The summed E-state index contributed by atoms with van der Waals surface area (Å²) < 4.78 is 26.9. The molecule has 7 nitrogen and oxygen atoms in total. The number of hydrogen-bond donors (Lipinski definition) is 2. The van der Waals surface area contributed by atoms with Gasteiger partial charge in [-0.1, -0.05) is 63.6 Å². The summed E-state index contributed by atoms with van der Waals surface area (Å²) in [6.45, 7) is 8.04. The van der Waals surface area contributed by atoms with Gasteiger partial charge < -0.3 is 10.6 Å². The van der Waals surface area contributed by atoms with Gasteiger partial charge in [-0.2, -0.15) is 4.31 Å². The van der Waals surface area contributed by atoms with Crippen molar-refractivity contribution in [3.63, 3.8) is 0 Å². The van der Waals surface area contributed by atoms with E-state index >= 15 is 0 Å². The Balaban J connectivity index is 2.16. The van der Waals surface area contributed by atoms with E-state index in [0.717, 1.165) is 5.56 Å². The van der Waals surface area contributed by atoms with Crippen molar-refractivity contribution in [2.75, 3.05) is 13.1 Å². The number of rotatable bonds is 10. The van der Waals surface area contributed by atoms with E-state index in [1.54, 1.807) is 26.0 Å². The highest BCUT2D eigenvalue weighted by Crippen LogP contribution is 2.18. The highest BCUT2D eigenvalue weighted by molar-refractivity contribution is 7.89. The van der Waals surface area contributed by atoms with Crippen molar-refractivity contribution in [3.05, 3.63) is 64.7 Å². The molecule has 1 atom stereocenters. The normalized spacial score (nSPS) is 12.6. The van der Waals surface area contributed by atoms with Crippen LogP contribution in [0.4, 0.5) is 0 Å². The number of nitrogens with zero attached hydrogens (tertiary/aromatic N) is 1. The van der Waals surface area contributed by atoms with E-state index in [1.807, 2.05) is 26.0 Å². The molecule has 0 fully saturated rings. The van der Waals surface area contributed by atoms with Crippen LogP contribution in [0.5, 0.6) is 0 Å². The number of hydrogen-bond acceptors (Lipinski definition) is 4. The third-order valence-electron chi connectivity index (χ3n) is 5.09. The molecule has 0 aliphatic heterocycles. The van der Waals surface area contributed by atoms with Crippen molar-refractivity contribution >= 4 is 33.4 Å². The molecule has 0 spiro atoms.